The van der Waals surface area contributed by atoms with E-state index in [1.54, 1.807) is 6.92 Å². The van der Waals surface area contributed by atoms with E-state index < -0.39 is 27.7 Å². The number of benzene rings is 1. The van der Waals surface area contributed by atoms with Gasteiger partial charge in [-0.15, -0.1) is 0 Å². The standard InChI is InChI=1S/C22H30ClF3N2O4S.C2H6.CH3O.K/c1-2-33(30,31)28-9-7-21(8-10-28,14-16-5-11-32-12-6-16)15-27-20(29)18-4-3-17(13-19(18)23)22(24,25)26;2*1-2;/h3-4,13,16H,2,5-12,14-15H2,1H3,(H,27,29);1-2H3;1H3;/q;;-1;+1. The Kier molecular flexibility index (Phi) is 18.0. The average molecular weight is 611 g/mol. The summed E-state index contributed by atoms with van der Waals surface area (Å²) in [5, 5.41) is 10.9. The number of sulfonamides is 1. The van der Waals surface area contributed by atoms with Crippen molar-refractivity contribution in [2.24, 2.45) is 11.3 Å². The predicted molar refractivity (Wildman–Crippen MR) is 137 cm³/mol. The summed E-state index contributed by atoms with van der Waals surface area (Å²) in [4.78, 5) is 12.8. The van der Waals surface area contributed by atoms with Crippen LogP contribution in [0.25, 0.3) is 0 Å². The van der Waals surface area contributed by atoms with E-state index in [1.165, 1.54) is 4.31 Å². The third-order valence-corrected chi connectivity index (χ3v) is 8.96. The molecule has 0 saturated carbocycles. The number of halogens is 4. The third-order valence-electron chi connectivity index (χ3n) is 6.77. The molecule has 1 N–H and O–H groups in total. The molecule has 2 aliphatic rings. The van der Waals surface area contributed by atoms with E-state index in [-0.39, 0.29) is 73.1 Å². The van der Waals surface area contributed by atoms with Gasteiger partial charge >= 0.3 is 57.6 Å². The molecule has 3 rings (SSSR count). The normalized spacial score (nSPS) is 18.1. The van der Waals surface area contributed by atoms with Gasteiger partial charge in [0.2, 0.25) is 10.0 Å². The molecule has 0 unspecified atom stereocenters. The molecule has 1 amide bonds. The minimum Gasteiger partial charge on any atom is -0.857 e. The molecular weight excluding hydrogens is 572 g/mol. The minimum atomic E-state index is -4.54. The van der Waals surface area contributed by atoms with Crippen LogP contribution in [0.15, 0.2) is 18.2 Å². The maximum absolute atomic E-state index is 12.9. The number of alkyl halides is 3. The van der Waals surface area contributed by atoms with E-state index in [1.807, 2.05) is 13.8 Å². The second-order valence-corrected chi connectivity index (χ2v) is 11.6. The Bertz CT molecular complexity index is 953. The summed E-state index contributed by atoms with van der Waals surface area (Å²) in [6.07, 6.45) is -0.680. The van der Waals surface area contributed by atoms with Gasteiger partial charge in [-0.3, -0.25) is 4.79 Å². The fraction of sp³-hybridized carbons (Fsp3) is 0.720. The van der Waals surface area contributed by atoms with Gasteiger partial charge in [-0.05, 0) is 68.6 Å². The maximum Gasteiger partial charge on any atom is 1.00 e. The first-order valence-electron chi connectivity index (χ1n) is 12.6. The summed E-state index contributed by atoms with van der Waals surface area (Å²) < 4.78 is 70.2. The van der Waals surface area contributed by atoms with E-state index in [4.69, 9.17) is 21.4 Å². The predicted octanol–water partition coefficient (Wildman–Crippen LogP) is 1.34. The van der Waals surface area contributed by atoms with Crippen LogP contribution in [0.5, 0.6) is 0 Å². The molecule has 214 valence electrons. The van der Waals surface area contributed by atoms with Crippen LogP contribution in [0.2, 0.25) is 5.02 Å². The summed E-state index contributed by atoms with van der Waals surface area (Å²) in [5.74, 6) is -0.0772. The monoisotopic (exact) mass is 610 g/mol. The fourth-order valence-corrected chi connectivity index (χ4v) is 6.05. The van der Waals surface area contributed by atoms with E-state index in [9.17, 15) is 26.4 Å². The van der Waals surface area contributed by atoms with Crippen LogP contribution < -0.4 is 61.8 Å². The Morgan fingerprint density at radius 2 is 1.74 bits per heavy atom. The first-order valence-corrected chi connectivity index (χ1v) is 14.6. The Labute approximate surface area is 272 Å². The number of carbonyl (C=O) groups excluding carboxylic acids is 1. The smallest absolute Gasteiger partial charge is 0.857 e. The quantitative estimate of drug-likeness (QED) is 0.470. The van der Waals surface area contributed by atoms with Crippen molar-refractivity contribution in [2.45, 2.75) is 59.1 Å². The molecule has 0 bridgehead atoms. The molecule has 0 aliphatic carbocycles. The van der Waals surface area contributed by atoms with Gasteiger partial charge in [-0.2, -0.15) is 20.3 Å². The van der Waals surface area contributed by atoms with E-state index in [0.717, 1.165) is 44.6 Å². The topological polar surface area (TPSA) is 98.8 Å². The van der Waals surface area contributed by atoms with Crippen molar-refractivity contribution in [1.29, 1.82) is 0 Å². The zero-order chi connectivity index (χ0) is 28.3. The minimum absolute atomic E-state index is 0. The van der Waals surface area contributed by atoms with Gasteiger partial charge in [0.15, 0.2) is 0 Å². The number of hydrogen-bond acceptors (Lipinski definition) is 5. The van der Waals surface area contributed by atoms with E-state index in [2.05, 4.69) is 5.32 Å². The molecule has 38 heavy (non-hydrogen) atoms. The number of ether oxygens (including phenoxy) is 1. The molecule has 0 aromatic heterocycles. The van der Waals surface area contributed by atoms with Crippen LogP contribution >= 0.6 is 11.6 Å². The number of nitrogens with zero attached hydrogens (tertiary/aromatic N) is 1. The maximum atomic E-state index is 12.9. The number of rotatable bonds is 7. The molecule has 13 heteroatoms. The van der Waals surface area contributed by atoms with Gasteiger partial charge in [-0.1, -0.05) is 25.4 Å². The second kappa shape index (κ2) is 17.9. The van der Waals surface area contributed by atoms with Crippen molar-refractivity contribution in [3.63, 3.8) is 0 Å². The van der Waals surface area contributed by atoms with Gasteiger partial charge in [0.1, 0.15) is 0 Å². The summed E-state index contributed by atoms with van der Waals surface area (Å²) in [6, 6.07) is 2.68. The molecular formula is C25H39ClF3KN2O5S. The van der Waals surface area contributed by atoms with Gasteiger partial charge in [0, 0.05) is 32.8 Å². The number of hydrogen-bond donors (Lipinski definition) is 1. The van der Waals surface area contributed by atoms with Gasteiger partial charge in [0.25, 0.3) is 5.91 Å². The van der Waals surface area contributed by atoms with Crippen LogP contribution in [-0.4, -0.2) is 64.3 Å². The van der Waals surface area contributed by atoms with Crippen LogP contribution in [0.1, 0.15) is 68.8 Å². The van der Waals surface area contributed by atoms with Crippen LogP contribution in [0.3, 0.4) is 0 Å². The Hall–Kier alpha value is 0.236. The average Bonchev–Trinajstić information content (AvgIpc) is 2.90. The molecule has 7 nitrogen and oxygen atoms in total. The molecule has 2 aliphatic heterocycles. The van der Waals surface area contributed by atoms with Crippen molar-refractivity contribution in [3.8, 4) is 0 Å². The number of carbonyl (C=O) groups is 1. The van der Waals surface area contributed by atoms with Crippen LogP contribution in [0.4, 0.5) is 13.2 Å². The second-order valence-electron chi connectivity index (χ2n) is 8.93. The molecule has 0 radical (unpaired) electrons. The summed E-state index contributed by atoms with van der Waals surface area (Å²) in [7, 11) is -2.53. The summed E-state index contributed by atoms with van der Waals surface area (Å²) >= 11 is 5.98. The molecule has 0 spiro atoms. The number of nitrogens with one attached hydrogen (secondary N) is 1. The Morgan fingerprint density at radius 1 is 1.18 bits per heavy atom. The van der Waals surface area contributed by atoms with Crippen molar-refractivity contribution < 1.29 is 87.6 Å². The van der Waals surface area contributed by atoms with Crippen LogP contribution in [-0.2, 0) is 20.9 Å². The molecule has 2 heterocycles. The van der Waals surface area contributed by atoms with E-state index >= 15 is 0 Å². The fourth-order valence-electron chi connectivity index (χ4n) is 4.68. The first-order chi connectivity index (χ1) is 17.5. The SMILES string of the molecule is CC.CCS(=O)(=O)N1CCC(CNC(=O)c2ccc(C(F)(F)F)cc2Cl)(CC2CCOCC2)CC1.C[O-].[K+]. The molecule has 1 aromatic rings. The number of amides is 1. The first kappa shape index (κ1) is 38.2. The van der Waals surface area contributed by atoms with Crippen molar-refractivity contribution in [1.82, 2.24) is 9.62 Å². The zero-order valence-electron chi connectivity index (χ0n) is 23.0. The van der Waals surface area contributed by atoms with Crippen molar-refractivity contribution in [3.05, 3.63) is 34.3 Å². The van der Waals surface area contributed by atoms with Crippen LogP contribution in [0, 0.1) is 11.3 Å². The van der Waals surface area contributed by atoms with Crippen molar-refractivity contribution >= 4 is 27.5 Å². The summed E-state index contributed by atoms with van der Waals surface area (Å²) in [5.41, 5.74) is -1.23. The molecule has 1 aromatic carbocycles. The largest absolute Gasteiger partial charge is 1.00 e. The van der Waals surface area contributed by atoms with Crippen molar-refractivity contribution in [2.75, 3.05) is 45.7 Å². The van der Waals surface area contributed by atoms with Gasteiger partial charge < -0.3 is 15.2 Å². The van der Waals surface area contributed by atoms with E-state index in [0.29, 0.717) is 51.6 Å². The molecule has 0 atom stereocenters. The molecule has 2 saturated heterocycles. The van der Waals surface area contributed by atoms with Gasteiger partial charge in [0.05, 0.1) is 21.9 Å². The Balaban J connectivity index is 0.00000261. The molecule has 2 fully saturated rings. The zero-order valence-corrected chi connectivity index (χ0v) is 27.7. The third kappa shape index (κ3) is 11.3. The Morgan fingerprint density at radius 3 is 2.21 bits per heavy atom. The number of piperidine rings is 1. The van der Waals surface area contributed by atoms with Gasteiger partial charge in [-0.25, -0.2) is 12.7 Å². The summed E-state index contributed by atoms with van der Waals surface area (Å²) in [6.45, 7) is 8.07.